The number of urea groups is 1. The molecule has 0 unspecified atom stereocenters. The number of nitrogens with one attached hydrogen (secondary N) is 3. The number of anilines is 2. The second-order valence-electron chi connectivity index (χ2n) is 7.17. The number of fused-ring (bicyclic) bond motifs is 1. The predicted octanol–water partition coefficient (Wildman–Crippen LogP) is 2.96. The Hall–Kier alpha value is -2.24. The van der Waals surface area contributed by atoms with E-state index in [-0.39, 0.29) is 17.5 Å². The molecule has 0 aromatic heterocycles. The predicted molar refractivity (Wildman–Crippen MR) is 86.3 cm³/mol. The zero-order valence-corrected chi connectivity index (χ0v) is 13.7. The van der Waals surface area contributed by atoms with Crippen LogP contribution in [-0.2, 0) is 4.79 Å². The molecular formula is C16H23N3O3. The molecule has 6 nitrogen and oxygen atoms in total. The lowest BCUT2D eigenvalue weighted by Crippen LogP contribution is -2.43. The molecule has 0 radical (unpaired) electrons. The van der Waals surface area contributed by atoms with E-state index in [4.69, 9.17) is 4.74 Å². The number of rotatable bonds is 1. The standard InChI is InChI=1S/C16H23N3O3/c1-15(2,3)19-14(21)17-10-6-7-12-11(8-10)18-13(20)16(4,5)9-22-12/h6-8H,9H2,1-5H3,(H,18,20)(H2,17,19,21). The SMILES string of the molecule is CC(C)(C)NC(=O)Nc1ccc2c(c1)NC(=O)C(C)(C)CO2. The largest absolute Gasteiger partial charge is 0.490 e. The number of benzene rings is 1. The molecular weight excluding hydrogens is 282 g/mol. The fourth-order valence-electron chi connectivity index (χ4n) is 1.95. The maximum Gasteiger partial charge on any atom is 0.319 e. The highest BCUT2D eigenvalue weighted by molar-refractivity contribution is 5.98. The van der Waals surface area contributed by atoms with Gasteiger partial charge in [-0.1, -0.05) is 0 Å². The zero-order chi connectivity index (χ0) is 16.5. The molecule has 3 N–H and O–H groups in total. The third kappa shape index (κ3) is 3.90. The Balaban J connectivity index is 2.16. The summed E-state index contributed by atoms with van der Waals surface area (Å²) in [6, 6.07) is 4.88. The summed E-state index contributed by atoms with van der Waals surface area (Å²) in [6.07, 6.45) is 0. The van der Waals surface area contributed by atoms with Gasteiger partial charge >= 0.3 is 6.03 Å². The van der Waals surface area contributed by atoms with Crippen molar-refractivity contribution in [2.75, 3.05) is 17.2 Å². The summed E-state index contributed by atoms with van der Waals surface area (Å²) in [7, 11) is 0. The number of ether oxygens (including phenoxy) is 1. The molecule has 0 spiro atoms. The fourth-order valence-corrected chi connectivity index (χ4v) is 1.95. The van der Waals surface area contributed by atoms with E-state index in [2.05, 4.69) is 16.0 Å². The van der Waals surface area contributed by atoms with Crippen molar-refractivity contribution in [3.63, 3.8) is 0 Å². The van der Waals surface area contributed by atoms with Crippen LogP contribution in [0, 0.1) is 5.41 Å². The van der Waals surface area contributed by atoms with Gasteiger partial charge in [0.25, 0.3) is 0 Å². The van der Waals surface area contributed by atoms with Gasteiger partial charge in [-0.15, -0.1) is 0 Å². The Kier molecular flexibility index (Phi) is 4.04. The number of carbonyl (C=O) groups excluding carboxylic acids is 2. The molecule has 0 atom stereocenters. The van der Waals surface area contributed by atoms with Crippen LogP contribution >= 0.6 is 0 Å². The summed E-state index contributed by atoms with van der Waals surface area (Å²) in [6.45, 7) is 9.66. The van der Waals surface area contributed by atoms with Crippen molar-refractivity contribution in [3.05, 3.63) is 18.2 Å². The second-order valence-corrected chi connectivity index (χ2v) is 7.17. The van der Waals surface area contributed by atoms with Crippen molar-refractivity contribution in [2.24, 2.45) is 5.41 Å². The van der Waals surface area contributed by atoms with Gasteiger partial charge in [0.15, 0.2) is 0 Å². The zero-order valence-electron chi connectivity index (χ0n) is 13.7. The van der Waals surface area contributed by atoms with Gasteiger partial charge in [-0.3, -0.25) is 4.79 Å². The molecule has 0 fully saturated rings. The summed E-state index contributed by atoms with van der Waals surface area (Å²) in [5.41, 5.74) is 0.223. The highest BCUT2D eigenvalue weighted by atomic mass is 16.5. The lowest BCUT2D eigenvalue weighted by Gasteiger charge is -2.21. The molecule has 1 aliphatic heterocycles. The molecule has 120 valence electrons. The molecule has 0 saturated carbocycles. The first-order chi connectivity index (χ1) is 10.1. The maximum atomic E-state index is 12.1. The van der Waals surface area contributed by atoms with Gasteiger partial charge in [0.1, 0.15) is 12.4 Å². The maximum absolute atomic E-state index is 12.1. The minimum Gasteiger partial charge on any atom is -0.490 e. The third-order valence-electron chi connectivity index (χ3n) is 3.18. The number of hydrogen-bond donors (Lipinski definition) is 3. The average Bonchev–Trinajstić information content (AvgIpc) is 2.45. The molecule has 1 aliphatic rings. The van der Waals surface area contributed by atoms with Gasteiger partial charge in [0, 0.05) is 11.2 Å². The van der Waals surface area contributed by atoms with E-state index in [9.17, 15) is 9.59 Å². The van der Waals surface area contributed by atoms with Crippen molar-refractivity contribution < 1.29 is 14.3 Å². The summed E-state index contributed by atoms with van der Waals surface area (Å²) in [4.78, 5) is 24.0. The van der Waals surface area contributed by atoms with Gasteiger partial charge in [0.2, 0.25) is 5.91 Å². The van der Waals surface area contributed by atoms with Crippen LogP contribution in [0.4, 0.5) is 16.2 Å². The molecule has 3 amide bonds. The summed E-state index contributed by atoms with van der Waals surface area (Å²) < 4.78 is 5.66. The topological polar surface area (TPSA) is 79.5 Å². The van der Waals surface area contributed by atoms with Crippen LogP contribution in [0.15, 0.2) is 18.2 Å². The lowest BCUT2D eigenvalue weighted by atomic mass is 9.94. The molecule has 0 bridgehead atoms. The van der Waals surface area contributed by atoms with E-state index in [1.54, 1.807) is 18.2 Å². The number of hydrogen-bond acceptors (Lipinski definition) is 3. The van der Waals surface area contributed by atoms with E-state index in [0.29, 0.717) is 23.7 Å². The van der Waals surface area contributed by atoms with E-state index in [0.717, 1.165) is 0 Å². The van der Waals surface area contributed by atoms with Crippen LogP contribution in [0.3, 0.4) is 0 Å². The Labute approximate surface area is 130 Å². The van der Waals surface area contributed by atoms with Crippen LogP contribution in [-0.4, -0.2) is 24.1 Å². The summed E-state index contributed by atoms with van der Waals surface area (Å²) in [5.74, 6) is 0.489. The van der Waals surface area contributed by atoms with Crippen molar-refractivity contribution >= 4 is 23.3 Å². The van der Waals surface area contributed by atoms with Crippen molar-refractivity contribution in [1.82, 2.24) is 5.32 Å². The van der Waals surface area contributed by atoms with Gasteiger partial charge in [-0.2, -0.15) is 0 Å². The molecule has 6 heteroatoms. The van der Waals surface area contributed by atoms with Crippen LogP contribution in [0.1, 0.15) is 34.6 Å². The molecule has 22 heavy (non-hydrogen) atoms. The van der Waals surface area contributed by atoms with E-state index in [1.165, 1.54) is 0 Å². The first-order valence-corrected chi connectivity index (χ1v) is 7.24. The van der Waals surface area contributed by atoms with Crippen molar-refractivity contribution in [1.29, 1.82) is 0 Å². The molecule has 0 aliphatic carbocycles. The highest BCUT2D eigenvalue weighted by Crippen LogP contribution is 2.34. The smallest absolute Gasteiger partial charge is 0.319 e. The average molecular weight is 305 g/mol. The van der Waals surface area contributed by atoms with E-state index >= 15 is 0 Å². The number of amides is 3. The molecule has 2 rings (SSSR count). The van der Waals surface area contributed by atoms with Crippen LogP contribution in [0.25, 0.3) is 0 Å². The first-order valence-electron chi connectivity index (χ1n) is 7.24. The molecule has 1 aromatic carbocycles. The molecule has 1 heterocycles. The normalized spacial score (nSPS) is 16.7. The van der Waals surface area contributed by atoms with E-state index in [1.807, 2.05) is 34.6 Å². The second kappa shape index (κ2) is 5.51. The van der Waals surface area contributed by atoms with Gasteiger partial charge < -0.3 is 20.7 Å². The minimum atomic E-state index is -0.601. The van der Waals surface area contributed by atoms with Gasteiger partial charge in [-0.05, 0) is 52.8 Å². The Bertz CT molecular complexity index is 603. The summed E-state index contributed by atoms with van der Waals surface area (Å²) in [5, 5.41) is 8.40. The van der Waals surface area contributed by atoms with Crippen molar-refractivity contribution in [2.45, 2.75) is 40.2 Å². The fraction of sp³-hybridized carbons (Fsp3) is 0.500. The highest BCUT2D eigenvalue weighted by Gasteiger charge is 2.32. The quantitative estimate of drug-likeness (QED) is 0.746. The Morgan fingerprint density at radius 3 is 2.64 bits per heavy atom. The summed E-state index contributed by atoms with van der Waals surface area (Å²) >= 11 is 0. The minimum absolute atomic E-state index is 0.109. The molecule has 1 aromatic rings. The number of carbonyl (C=O) groups is 2. The lowest BCUT2D eigenvalue weighted by molar-refractivity contribution is -0.124. The van der Waals surface area contributed by atoms with Crippen LogP contribution in [0.2, 0.25) is 0 Å². The third-order valence-corrected chi connectivity index (χ3v) is 3.18. The van der Waals surface area contributed by atoms with E-state index < -0.39 is 5.41 Å². The Morgan fingerprint density at radius 1 is 1.32 bits per heavy atom. The van der Waals surface area contributed by atoms with Gasteiger partial charge in [0.05, 0.1) is 11.1 Å². The first kappa shape index (κ1) is 16.1. The monoisotopic (exact) mass is 305 g/mol. The molecule has 0 saturated heterocycles. The van der Waals surface area contributed by atoms with Gasteiger partial charge in [-0.25, -0.2) is 4.79 Å². The Morgan fingerprint density at radius 2 is 2.00 bits per heavy atom. The van der Waals surface area contributed by atoms with Crippen molar-refractivity contribution in [3.8, 4) is 5.75 Å². The van der Waals surface area contributed by atoms with Crippen LogP contribution < -0.4 is 20.7 Å². The van der Waals surface area contributed by atoms with Crippen LogP contribution in [0.5, 0.6) is 5.75 Å².